The Morgan fingerprint density at radius 3 is 2.15 bits per heavy atom. The van der Waals surface area contributed by atoms with Gasteiger partial charge < -0.3 is 0 Å². The number of allylic oxidation sites excluding steroid dienone is 2. The molecular formula is C23H18ClN3O6. The van der Waals surface area contributed by atoms with Crippen molar-refractivity contribution in [3.8, 4) is 0 Å². The molecule has 1 heterocycles. The molecule has 2 atom stereocenters. The molecule has 2 aromatic rings. The van der Waals surface area contributed by atoms with Crippen molar-refractivity contribution in [1.82, 2.24) is 10.0 Å². The van der Waals surface area contributed by atoms with E-state index in [0.29, 0.717) is 22.9 Å². The molecule has 1 aliphatic carbocycles. The molecule has 0 N–H and O–H groups in total. The number of amides is 3. The van der Waals surface area contributed by atoms with E-state index in [4.69, 9.17) is 11.6 Å². The first-order valence-electron chi connectivity index (χ1n) is 10.2. The van der Waals surface area contributed by atoms with Gasteiger partial charge in [-0.2, -0.15) is 5.01 Å². The number of rotatable bonds is 6. The van der Waals surface area contributed by atoms with E-state index in [9.17, 15) is 29.3 Å². The smallest absolute Gasteiger partial charge is 0.282 e. The zero-order chi connectivity index (χ0) is 23.7. The molecule has 2 aliphatic rings. The number of para-hydroxylation sites is 1. The van der Waals surface area contributed by atoms with Gasteiger partial charge in [-0.3, -0.25) is 29.3 Å². The first-order chi connectivity index (χ1) is 15.8. The van der Waals surface area contributed by atoms with Crippen LogP contribution in [-0.4, -0.2) is 45.0 Å². The molecule has 168 valence electrons. The van der Waals surface area contributed by atoms with E-state index in [1.54, 1.807) is 12.2 Å². The lowest BCUT2D eigenvalue weighted by atomic mass is 9.85. The molecule has 9 nitrogen and oxygen atoms in total. The van der Waals surface area contributed by atoms with Crippen molar-refractivity contribution in [1.29, 1.82) is 0 Å². The highest BCUT2D eigenvalue weighted by atomic mass is 35.5. The number of fused-ring (bicyclic) bond motifs is 1. The van der Waals surface area contributed by atoms with Crippen molar-refractivity contribution < 1.29 is 24.1 Å². The Labute approximate surface area is 193 Å². The highest BCUT2D eigenvalue weighted by Gasteiger charge is 2.51. The molecule has 0 unspecified atom stereocenters. The molecule has 1 aliphatic heterocycles. The van der Waals surface area contributed by atoms with Crippen LogP contribution in [0, 0.1) is 22.0 Å². The predicted octanol–water partition coefficient (Wildman–Crippen LogP) is 3.44. The summed E-state index contributed by atoms with van der Waals surface area (Å²) in [6.45, 7) is -0.656. The highest BCUT2D eigenvalue weighted by Crippen LogP contribution is 2.36. The normalized spacial score (nSPS) is 19.4. The van der Waals surface area contributed by atoms with Crippen LogP contribution in [0.15, 0.2) is 60.7 Å². The Bertz CT molecular complexity index is 1170. The van der Waals surface area contributed by atoms with Gasteiger partial charge in [0.2, 0.25) is 0 Å². The van der Waals surface area contributed by atoms with E-state index in [1.165, 1.54) is 42.5 Å². The number of hydrazine groups is 1. The van der Waals surface area contributed by atoms with Gasteiger partial charge in [-0.05, 0) is 43.2 Å². The molecule has 0 aromatic heterocycles. The molecular weight excluding hydrogens is 450 g/mol. The minimum Gasteiger partial charge on any atom is -0.292 e. The van der Waals surface area contributed by atoms with Crippen molar-refractivity contribution in [3.63, 3.8) is 0 Å². The van der Waals surface area contributed by atoms with Crippen LogP contribution in [-0.2, 0) is 9.59 Å². The zero-order valence-electron chi connectivity index (χ0n) is 17.2. The van der Waals surface area contributed by atoms with Gasteiger partial charge in [-0.25, -0.2) is 5.01 Å². The number of carbonyl (C=O) groups excluding carboxylic acids is 4. The average molecular weight is 468 g/mol. The molecule has 33 heavy (non-hydrogen) atoms. The second-order valence-corrected chi connectivity index (χ2v) is 8.15. The van der Waals surface area contributed by atoms with Crippen molar-refractivity contribution in [2.24, 2.45) is 11.8 Å². The topological polar surface area (TPSA) is 118 Å². The molecule has 2 aromatic carbocycles. The Hall–Kier alpha value is -3.85. The van der Waals surface area contributed by atoms with Crippen LogP contribution in [0.4, 0.5) is 5.69 Å². The summed E-state index contributed by atoms with van der Waals surface area (Å²) in [5.74, 6) is -4.05. The number of nitro groups is 1. The number of carbonyl (C=O) groups is 4. The number of hydrogen-bond acceptors (Lipinski definition) is 6. The fourth-order valence-electron chi connectivity index (χ4n) is 4.07. The van der Waals surface area contributed by atoms with Crippen LogP contribution in [0.3, 0.4) is 0 Å². The number of hydrogen-bond donors (Lipinski definition) is 0. The standard InChI is InChI=1S/C23H18ClN3O6/c24-15-11-9-14(10-12-15)20(28)13-25(21(29)18-7-3-4-8-19(18)27(32)33)26-22(30)16-5-1-2-6-17(16)23(26)31/h1-4,7-12,16-17H,5-6,13H2/t16-,17+. The van der Waals surface area contributed by atoms with E-state index in [-0.39, 0.29) is 11.1 Å². The van der Waals surface area contributed by atoms with Gasteiger partial charge >= 0.3 is 0 Å². The Morgan fingerprint density at radius 2 is 1.58 bits per heavy atom. The van der Waals surface area contributed by atoms with Crippen molar-refractivity contribution in [2.75, 3.05) is 6.54 Å². The van der Waals surface area contributed by atoms with Crippen molar-refractivity contribution in [3.05, 3.63) is 86.9 Å². The van der Waals surface area contributed by atoms with Gasteiger partial charge in [0, 0.05) is 16.7 Å². The van der Waals surface area contributed by atoms with Gasteiger partial charge in [0.15, 0.2) is 5.78 Å². The van der Waals surface area contributed by atoms with E-state index in [2.05, 4.69) is 0 Å². The maximum atomic E-state index is 13.5. The molecule has 4 rings (SSSR count). The second kappa shape index (κ2) is 8.95. The lowest BCUT2D eigenvalue weighted by molar-refractivity contribution is -0.385. The number of benzene rings is 2. The van der Waals surface area contributed by atoms with Crippen LogP contribution in [0.25, 0.3) is 0 Å². The zero-order valence-corrected chi connectivity index (χ0v) is 18.0. The number of nitro benzene ring substituents is 1. The predicted molar refractivity (Wildman–Crippen MR) is 117 cm³/mol. The maximum absolute atomic E-state index is 13.5. The molecule has 3 amide bonds. The summed E-state index contributed by atoms with van der Waals surface area (Å²) in [5.41, 5.74) is -0.623. The Balaban J connectivity index is 1.74. The fraction of sp³-hybridized carbons (Fsp3) is 0.217. The largest absolute Gasteiger partial charge is 0.292 e. The van der Waals surface area contributed by atoms with Gasteiger partial charge in [0.1, 0.15) is 12.1 Å². The molecule has 1 fully saturated rings. The summed E-state index contributed by atoms with van der Waals surface area (Å²) in [5, 5.41) is 13.3. The molecule has 10 heteroatoms. The number of nitrogens with zero attached hydrogens (tertiary/aromatic N) is 3. The third-order valence-corrected chi connectivity index (χ3v) is 6.00. The Kier molecular flexibility index (Phi) is 6.06. The van der Waals surface area contributed by atoms with E-state index >= 15 is 0 Å². The summed E-state index contributed by atoms with van der Waals surface area (Å²) in [6, 6.07) is 11.1. The number of imide groups is 1. The summed E-state index contributed by atoms with van der Waals surface area (Å²) < 4.78 is 0. The third kappa shape index (κ3) is 4.14. The molecule has 0 bridgehead atoms. The highest BCUT2D eigenvalue weighted by molar-refractivity contribution is 6.30. The molecule has 0 spiro atoms. The van der Waals surface area contributed by atoms with E-state index < -0.39 is 52.5 Å². The quantitative estimate of drug-likeness (QED) is 0.211. The monoisotopic (exact) mass is 467 g/mol. The first-order valence-corrected chi connectivity index (χ1v) is 10.5. The van der Waals surface area contributed by atoms with E-state index in [1.807, 2.05) is 0 Å². The van der Waals surface area contributed by atoms with Gasteiger partial charge in [0.25, 0.3) is 23.4 Å². The van der Waals surface area contributed by atoms with Gasteiger partial charge in [-0.15, -0.1) is 0 Å². The van der Waals surface area contributed by atoms with Crippen molar-refractivity contribution >= 4 is 40.8 Å². The first kappa shape index (κ1) is 22.3. The fourth-order valence-corrected chi connectivity index (χ4v) is 4.20. The Morgan fingerprint density at radius 1 is 1.00 bits per heavy atom. The molecule has 0 radical (unpaired) electrons. The van der Waals surface area contributed by atoms with Gasteiger partial charge in [0.05, 0.1) is 16.8 Å². The third-order valence-electron chi connectivity index (χ3n) is 5.75. The van der Waals surface area contributed by atoms with Crippen LogP contribution in [0.1, 0.15) is 33.6 Å². The van der Waals surface area contributed by atoms with Gasteiger partial charge in [-0.1, -0.05) is 35.9 Å². The van der Waals surface area contributed by atoms with Crippen LogP contribution in [0.5, 0.6) is 0 Å². The summed E-state index contributed by atoms with van der Waals surface area (Å²) in [4.78, 5) is 63.4. The summed E-state index contributed by atoms with van der Waals surface area (Å²) >= 11 is 5.87. The van der Waals surface area contributed by atoms with Crippen LogP contribution < -0.4 is 0 Å². The van der Waals surface area contributed by atoms with Crippen molar-refractivity contribution in [2.45, 2.75) is 12.8 Å². The average Bonchev–Trinajstić information content (AvgIpc) is 3.07. The number of Topliss-reactive ketones (excluding diaryl/α,β-unsaturated/α-hetero) is 1. The SMILES string of the molecule is O=C(CN(C(=O)c1ccccc1[N+](=O)[O-])N1C(=O)[C@H]2CC=CC[C@H]2C1=O)c1ccc(Cl)cc1. The van der Waals surface area contributed by atoms with Crippen LogP contribution >= 0.6 is 11.6 Å². The molecule has 1 saturated heterocycles. The minimum absolute atomic E-state index is 0.206. The van der Waals surface area contributed by atoms with E-state index in [0.717, 1.165) is 11.1 Å². The number of ketones is 1. The second-order valence-electron chi connectivity index (χ2n) is 7.71. The number of halogens is 1. The summed E-state index contributed by atoms with van der Waals surface area (Å²) in [7, 11) is 0. The lowest BCUT2D eigenvalue weighted by Crippen LogP contribution is -2.52. The molecule has 0 saturated carbocycles. The van der Waals surface area contributed by atoms with Crippen LogP contribution in [0.2, 0.25) is 5.02 Å². The summed E-state index contributed by atoms with van der Waals surface area (Å²) in [6.07, 6.45) is 4.26. The lowest BCUT2D eigenvalue weighted by Gasteiger charge is -2.30. The minimum atomic E-state index is -0.988. The maximum Gasteiger partial charge on any atom is 0.282 e.